The van der Waals surface area contributed by atoms with Crippen molar-refractivity contribution < 1.29 is 4.79 Å². The Bertz CT molecular complexity index is 603. The number of hydrogen-bond donors (Lipinski definition) is 2. The molecule has 2 aromatic rings. The van der Waals surface area contributed by atoms with E-state index in [9.17, 15) is 4.79 Å². The minimum atomic E-state index is -0.0902. The Balaban J connectivity index is 2.09. The fraction of sp³-hybridized carbons (Fsp3) is 0.235. The fourth-order valence-corrected chi connectivity index (χ4v) is 2.01. The minimum Gasteiger partial charge on any atom is -0.330 e. The highest BCUT2D eigenvalue weighted by Crippen LogP contribution is 2.15. The maximum atomic E-state index is 12.1. The molecule has 20 heavy (non-hydrogen) atoms. The van der Waals surface area contributed by atoms with Gasteiger partial charge in [-0.1, -0.05) is 18.2 Å². The molecule has 0 aliphatic rings. The van der Waals surface area contributed by atoms with Crippen molar-refractivity contribution in [1.29, 1.82) is 0 Å². The predicted molar refractivity (Wildman–Crippen MR) is 83.1 cm³/mol. The molecule has 1 amide bonds. The lowest BCUT2D eigenvalue weighted by molar-refractivity contribution is 0.102. The van der Waals surface area contributed by atoms with Crippen molar-refractivity contribution in [3.63, 3.8) is 0 Å². The average Bonchev–Trinajstić information content (AvgIpc) is 2.44. The summed E-state index contributed by atoms with van der Waals surface area (Å²) in [6, 6.07) is 13.5. The van der Waals surface area contributed by atoms with Gasteiger partial charge in [0, 0.05) is 11.3 Å². The van der Waals surface area contributed by atoms with E-state index in [0.29, 0.717) is 12.1 Å². The summed E-state index contributed by atoms with van der Waals surface area (Å²) in [7, 11) is 0. The molecule has 2 aromatic carbocycles. The molecule has 0 atom stereocenters. The summed E-state index contributed by atoms with van der Waals surface area (Å²) in [5.74, 6) is -0.0902. The molecule has 0 heterocycles. The van der Waals surface area contributed by atoms with Gasteiger partial charge in [0.25, 0.3) is 5.91 Å². The SMILES string of the molecule is Cc1ccc(NC(=O)c2ccc(CCN)cc2)cc1C. The van der Waals surface area contributed by atoms with E-state index in [1.54, 1.807) is 0 Å². The summed E-state index contributed by atoms with van der Waals surface area (Å²) in [6.07, 6.45) is 0.832. The summed E-state index contributed by atoms with van der Waals surface area (Å²) in [5, 5.41) is 2.91. The van der Waals surface area contributed by atoms with Crippen LogP contribution in [0.4, 0.5) is 5.69 Å². The first-order valence-electron chi connectivity index (χ1n) is 6.78. The molecular weight excluding hydrogens is 248 g/mol. The monoisotopic (exact) mass is 268 g/mol. The number of rotatable bonds is 4. The van der Waals surface area contributed by atoms with E-state index in [2.05, 4.69) is 12.2 Å². The Morgan fingerprint density at radius 1 is 1.05 bits per heavy atom. The number of anilines is 1. The van der Waals surface area contributed by atoms with Gasteiger partial charge in [0.05, 0.1) is 0 Å². The second-order valence-electron chi connectivity index (χ2n) is 4.99. The quantitative estimate of drug-likeness (QED) is 0.895. The fourth-order valence-electron chi connectivity index (χ4n) is 2.01. The number of amides is 1. The largest absolute Gasteiger partial charge is 0.330 e. The molecule has 0 aliphatic heterocycles. The summed E-state index contributed by atoms with van der Waals surface area (Å²) < 4.78 is 0. The highest BCUT2D eigenvalue weighted by Gasteiger charge is 2.06. The van der Waals surface area contributed by atoms with Crippen molar-refractivity contribution >= 4 is 11.6 Å². The van der Waals surface area contributed by atoms with Crippen molar-refractivity contribution in [3.8, 4) is 0 Å². The number of nitrogens with two attached hydrogens (primary N) is 1. The molecule has 3 heteroatoms. The van der Waals surface area contributed by atoms with Crippen LogP contribution in [0.1, 0.15) is 27.0 Å². The van der Waals surface area contributed by atoms with Crippen molar-refractivity contribution in [1.82, 2.24) is 0 Å². The Labute approximate surface area is 119 Å². The van der Waals surface area contributed by atoms with Crippen LogP contribution in [0.3, 0.4) is 0 Å². The standard InChI is InChI=1S/C17H20N2O/c1-12-3-8-16(11-13(12)2)19-17(20)15-6-4-14(5-7-15)9-10-18/h3-8,11H,9-10,18H2,1-2H3,(H,19,20). The van der Waals surface area contributed by atoms with Crippen LogP contribution in [-0.2, 0) is 6.42 Å². The van der Waals surface area contributed by atoms with Crippen LogP contribution in [0, 0.1) is 13.8 Å². The van der Waals surface area contributed by atoms with Crippen LogP contribution in [0.25, 0.3) is 0 Å². The third-order valence-corrected chi connectivity index (χ3v) is 3.41. The number of aryl methyl sites for hydroxylation is 2. The van der Waals surface area contributed by atoms with Gasteiger partial charge in [-0.15, -0.1) is 0 Å². The second-order valence-corrected chi connectivity index (χ2v) is 4.99. The lowest BCUT2D eigenvalue weighted by Crippen LogP contribution is -2.12. The van der Waals surface area contributed by atoms with Crippen molar-refractivity contribution in [2.24, 2.45) is 5.73 Å². The number of hydrogen-bond acceptors (Lipinski definition) is 2. The smallest absolute Gasteiger partial charge is 0.255 e. The van der Waals surface area contributed by atoms with Crippen LogP contribution in [0.2, 0.25) is 0 Å². The third kappa shape index (κ3) is 3.45. The molecule has 0 unspecified atom stereocenters. The van der Waals surface area contributed by atoms with E-state index < -0.39 is 0 Å². The van der Waals surface area contributed by atoms with Crippen LogP contribution < -0.4 is 11.1 Å². The van der Waals surface area contributed by atoms with Crippen LogP contribution >= 0.6 is 0 Å². The first-order valence-corrected chi connectivity index (χ1v) is 6.78. The van der Waals surface area contributed by atoms with Gasteiger partial charge in [0.15, 0.2) is 0 Å². The molecule has 3 N–H and O–H groups in total. The zero-order valence-corrected chi connectivity index (χ0v) is 11.9. The Morgan fingerprint density at radius 3 is 2.35 bits per heavy atom. The number of carbonyl (C=O) groups is 1. The van der Waals surface area contributed by atoms with Gasteiger partial charge in [-0.2, -0.15) is 0 Å². The summed E-state index contributed by atoms with van der Waals surface area (Å²) in [5.41, 5.74) is 10.5. The van der Waals surface area contributed by atoms with Crippen LogP contribution in [0.5, 0.6) is 0 Å². The average molecular weight is 268 g/mol. The van der Waals surface area contributed by atoms with Gasteiger partial charge in [-0.25, -0.2) is 0 Å². The van der Waals surface area contributed by atoms with Crippen molar-refractivity contribution in [2.75, 3.05) is 11.9 Å². The van der Waals surface area contributed by atoms with E-state index in [-0.39, 0.29) is 5.91 Å². The molecule has 0 radical (unpaired) electrons. The minimum absolute atomic E-state index is 0.0902. The summed E-state index contributed by atoms with van der Waals surface area (Å²) in [4.78, 5) is 12.1. The van der Waals surface area contributed by atoms with E-state index in [1.165, 1.54) is 11.1 Å². The first kappa shape index (κ1) is 14.3. The van der Waals surface area contributed by atoms with E-state index in [4.69, 9.17) is 5.73 Å². The Kier molecular flexibility index (Phi) is 4.53. The Morgan fingerprint density at radius 2 is 1.75 bits per heavy atom. The molecule has 2 rings (SSSR count). The van der Waals surface area contributed by atoms with Gasteiger partial charge in [-0.3, -0.25) is 4.79 Å². The molecule has 0 fully saturated rings. The lowest BCUT2D eigenvalue weighted by atomic mass is 10.1. The van der Waals surface area contributed by atoms with Gasteiger partial charge < -0.3 is 11.1 Å². The van der Waals surface area contributed by atoms with E-state index in [0.717, 1.165) is 17.7 Å². The predicted octanol–water partition coefficient (Wildman–Crippen LogP) is 3.06. The number of nitrogens with one attached hydrogen (secondary N) is 1. The second kappa shape index (κ2) is 6.35. The Hall–Kier alpha value is -2.13. The molecule has 0 bridgehead atoms. The van der Waals surface area contributed by atoms with Gasteiger partial charge >= 0.3 is 0 Å². The first-order chi connectivity index (χ1) is 9.60. The van der Waals surface area contributed by atoms with Gasteiger partial charge in [0.2, 0.25) is 0 Å². The molecule has 0 saturated carbocycles. The number of benzene rings is 2. The van der Waals surface area contributed by atoms with E-state index >= 15 is 0 Å². The van der Waals surface area contributed by atoms with Crippen LogP contribution in [0.15, 0.2) is 42.5 Å². The maximum absolute atomic E-state index is 12.1. The molecule has 0 spiro atoms. The van der Waals surface area contributed by atoms with Gasteiger partial charge in [0.1, 0.15) is 0 Å². The molecule has 0 aromatic heterocycles. The maximum Gasteiger partial charge on any atom is 0.255 e. The van der Waals surface area contributed by atoms with Gasteiger partial charge in [-0.05, 0) is 67.8 Å². The highest BCUT2D eigenvalue weighted by molar-refractivity contribution is 6.04. The van der Waals surface area contributed by atoms with E-state index in [1.807, 2.05) is 49.4 Å². The summed E-state index contributed by atoms with van der Waals surface area (Å²) in [6.45, 7) is 4.71. The molecule has 3 nitrogen and oxygen atoms in total. The molecule has 0 aliphatic carbocycles. The molecular formula is C17H20N2O. The highest BCUT2D eigenvalue weighted by atomic mass is 16.1. The molecule has 0 saturated heterocycles. The molecule has 104 valence electrons. The topological polar surface area (TPSA) is 55.1 Å². The zero-order valence-electron chi connectivity index (χ0n) is 11.9. The lowest BCUT2D eigenvalue weighted by Gasteiger charge is -2.08. The summed E-state index contributed by atoms with van der Waals surface area (Å²) >= 11 is 0. The van der Waals surface area contributed by atoms with Crippen molar-refractivity contribution in [2.45, 2.75) is 20.3 Å². The zero-order chi connectivity index (χ0) is 14.5. The van der Waals surface area contributed by atoms with Crippen molar-refractivity contribution in [3.05, 3.63) is 64.7 Å². The number of carbonyl (C=O) groups excluding carboxylic acids is 1. The van der Waals surface area contributed by atoms with Crippen LogP contribution in [-0.4, -0.2) is 12.5 Å². The normalized spacial score (nSPS) is 10.3. The third-order valence-electron chi connectivity index (χ3n) is 3.41.